The Morgan fingerprint density at radius 2 is 1.33 bits per heavy atom. The Bertz CT molecular complexity index is 152. The minimum atomic E-state index is -1.55. The number of rotatable bonds is 2. The van der Waals surface area contributed by atoms with Gasteiger partial charge in [0.2, 0.25) is 0 Å². The molecule has 0 aromatic heterocycles. The van der Waals surface area contributed by atoms with E-state index in [-0.39, 0.29) is 6.10 Å². The highest BCUT2D eigenvalue weighted by molar-refractivity contribution is 5.87. The first-order chi connectivity index (χ1) is 5.36. The second-order valence-electron chi connectivity index (χ2n) is 2.07. The van der Waals surface area contributed by atoms with Gasteiger partial charge in [0.05, 0.1) is 11.9 Å². The molecule has 5 nitrogen and oxygen atoms in total. The van der Waals surface area contributed by atoms with Gasteiger partial charge in [0.15, 0.2) is 0 Å². The first-order valence-corrected chi connectivity index (χ1v) is 3.14. The summed E-state index contributed by atoms with van der Waals surface area (Å²) in [5.74, 6) is -3.09. The Morgan fingerprint density at radius 3 is 1.42 bits per heavy atom. The van der Waals surface area contributed by atoms with Crippen molar-refractivity contribution in [2.75, 3.05) is 0 Å². The van der Waals surface area contributed by atoms with Gasteiger partial charge in [-0.3, -0.25) is 0 Å². The molecule has 0 rings (SSSR count). The zero-order chi connectivity index (χ0) is 10.1. The van der Waals surface area contributed by atoms with E-state index < -0.39 is 11.9 Å². The third kappa shape index (κ3) is 38.1. The number of carbonyl (C=O) groups excluding carboxylic acids is 2. The predicted molar refractivity (Wildman–Crippen MR) is 36.5 cm³/mol. The second-order valence-corrected chi connectivity index (χ2v) is 2.07. The van der Waals surface area contributed by atoms with Crippen molar-refractivity contribution in [2.45, 2.75) is 20.0 Å². The fourth-order valence-electron chi connectivity index (χ4n) is 0.136. The van der Waals surface area contributed by atoms with E-state index in [4.69, 9.17) is 5.11 Å². The summed E-state index contributed by atoms with van der Waals surface area (Å²) in [5, 5.41) is 26.9. The van der Waals surface area contributed by atoms with Crippen LogP contribution in [0.2, 0.25) is 0 Å². The van der Waals surface area contributed by atoms with E-state index in [9.17, 15) is 19.8 Å². The molecule has 0 spiro atoms. The molecule has 0 unspecified atom stereocenters. The van der Waals surface area contributed by atoms with Crippen LogP contribution in [0.15, 0.2) is 12.2 Å². The quantitative estimate of drug-likeness (QED) is 0.464. The Balaban J connectivity index is 0. The van der Waals surface area contributed by atoms with Gasteiger partial charge in [0.1, 0.15) is 0 Å². The summed E-state index contributed by atoms with van der Waals surface area (Å²) in [5.41, 5.74) is 0. The lowest BCUT2D eigenvalue weighted by atomic mass is 10.5. The normalized spacial score (nSPS) is 9.33. The van der Waals surface area contributed by atoms with Crippen molar-refractivity contribution in [3.05, 3.63) is 12.2 Å². The van der Waals surface area contributed by atoms with Crippen LogP contribution in [0.5, 0.6) is 0 Å². The van der Waals surface area contributed by atoms with Crippen LogP contribution in [-0.2, 0) is 9.59 Å². The van der Waals surface area contributed by atoms with Gasteiger partial charge in [-0.05, 0) is 26.0 Å². The van der Waals surface area contributed by atoms with Crippen molar-refractivity contribution in [3.8, 4) is 0 Å². The highest BCUT2D eigenvalue weighted by Gasteiger charge is 1.71. The van der Waals surface area contributed by atoms with Crippen molar-refractivity contribution >= 4 is 11.9 Å². The lowest BCUT2D eigenvalue weighted by Gasteiger charge is -1.90. The SMILES string of the molecule is CC(C)O.O=C([O-])/C=C/C(=O)[O-]. The highest BCUT2D eigenvalue weighted by atomic mass is 16.4. The molecule has 1 N–H and O–H groups in total. The lowest BCUT2D eigenvalue weighted by molar-refractivity contribution is -0.301. The van der Waals surface area contributed by atoms with Gasteiger partial charge in [-0.1, -0.05) is 0 Å². The largest absolute Gasteiger partial charge is 0.545 e. The molecule has 0 aliphatic carbocycles. The van der Waals surface area contributed by atoms with Crippen molar-refractivity contribution in [2.24, 2.45) is 0 Å². The summed E-state index contributed by atoms with van der Waals surface area (Å²) in [6.07, 6.45) is 0.602. The van der Waals surface area contributed by atoms with E-state index in [1.807, 2.05) is 0 Å². The van der Waals surface area contributed by atoms with Gasteiger partial charge in [-0.2, -0.15) is 0 Å². The van der Waals surface area contributed by atoms with E-state index in [0.717, 1.165) is 0 Å². The Hall–Kier alpha value is -1.36. The van der Waals surface area contributed by atoms with Crippen LogP contribution in [0.4, 0.5) is 0 Å². The Labute approximate surface area is 70.0 Å². The molecule has 0 aliphatic rings. The van der Waals surface area contributed by atoms with Crippen molar-refractivity contribution in [1.82, 2.24) is 0 Å². The molecule has 0 atom stereocenters. The van der Waals surface area contributed by atoms with Gasteiger partial charge in [0, 0.05) is 6.10 Å². The number of aliphatic hydroxyl groups is 1. The average Bonchev–Trinajstić information content (AvgIpc) is 1.82. The van der Waals surface area contributed by atoms with Crippen LogP contribution in [0.3, 0.4) is 0 Å². The fourth-order valence-corrected chi connectivity index (χ4v) is 0.136. The highest BCUT2D eigenvalue weighted by Crippen LogP contribution is 1.65. The standard InChI is InChI=1S/C4H4O4.C3H8O/c5-3(6)1-2-4(7)8;1-3(2)4/h1-2H,(H,5,6)(H,7,8);3-4H,1-2H3/p-2/b2-1+;. The number of hydrogen-bond acceptors (Lipinski definition) is 5. The van der Waals surface area contributed by atoms with Gasteiger partial charge in [-0.15, -0.1) is 0 Å². The van der Waals surface area contributed by atoms with E-state index in [1.54, 1.807) is 13.8 Å². The number of carboxylic acid groups (broad SMARTS) is 2. The van der Waals surface area contributed by atoms with Gasteiger partial charge in [0.25, 0.3) is 0 Å². The zero-order valence-corrected chi connectivity index (χ0v) is 6.81. The summed E-state index contributed by atoms with van der Waals surface area (Å²) >= 11 is 0. The number of aliphatic hydroxyl groups excluding tert-OH is 1. The number of hydrogen-bond donors (Lipinski definition) is 1. The molecular weight excluding hydrogens is 164 g/mol. The molecule has 0 amide bonds. The van der Waals surface area contributed by atoms with Crippen LogP contribution >= 0.6 is 0 Å². The van der Waals surface area contributed by atoms with Gasteiger partial charge < -0.3 is 24.9 Å². The van der Waals surface area contributed by atoms with Crippen LogP contribution in [0, 0.1) is 0 Å². The summed E-state index contributed by atoms with van der Waals surface area (Å²) in [4.78, 5) is 18.8. The van der Waals surface area contributed by atoms with E-state index in [1.165, 1.54) is 0 Å². The average molecular weight is 174 g/mol. The molecule has 0 saturated heterocycles. The minimum Gasteiger partial charge on any atom is -0.545 e. The topological polar surface area (TPSA) is 100 Å². The van der Waals surface area contributed by atoms with Crippen molar-refractivity contribution < 1.29 is 24.9 Å². The first-order valence-electron chi connectivity index (χ1n) is 3.14. The molecule has 5 heteroatoms. The molecule has 0 aromatic rings. The molecule has 12 heavy (non-hydrogen) atoms. The molecule has 0 radical (unpaired) electrons. The van der Waals surface area contributed by atoms with E-state index in [0.29, 0.717) is 12.2 Å². The number of carboxylic acids is 2. The molecular formula is C7H10O5-2. The van der Waals surface area contributed by atoms with Crippen LogP contribution in [-0.4, -0.2) is 23.1 Å². The number of carbonyl (C=O) groups is 2. The minimum absolute atomic E-state index is 0.167. The van der Waals surface area contributed by atoms with Crippen LogP contribution < -0.4 is 10.2 Å². The van der Waals surface area contributed by atoms with Crippen LogP contribution in [0.1, 0.15) is 13.8 Å². The van der Waals surface area contributed by atoms with Crippen LogP contribution in [0.25, 0.3) is 0 Å². The van der Waals surface area contributed by atoms with Crippen molar-refractivity contribution in [3.63, 3.8) is 0 Å². The third-order valence-corrected chi connectivity index (χ3v) is 0.355. The molecule has 0 saturated carbocycles. The summed E-state index contributed by atoms with van der Waals surface area (Å²) in [7, 11) is 0. The smallest absolute Gasteiger partial charge is 0.0643 e. The number of aliphatic carboxylic acids is 2. The lowest BCUT2D eigenvalue weighted by Crippen LogP contribution is -2.23. The molecule has 0 fully saturated rings. The third-order valence-electron chi connectivity index (χ3n) is 0.355. The maximum Gasteiger partial charge on any atom is 0.0643 e. The van der Waals surface area contributed by atoms with E-state index in [2.05, 4.69) is 0 Å². The summed E-state index contributed by atoms with van der Waals surface area (Å²) < 4.78 is 0. The maximum atomic E-state index is 9.41. The zero-order valence-electron chi connectivity index (χ0n) is 6.81. The fraction of sp³-hybridized carbons (Fsp3) is 0.429. The first kappa shape index (κ1) is 13.2. The van der Waals surface area contributed by atoms with Gasteiger partial charge >= 0.3 is 0 Å². The monoisotopic (exact) mass is 174 g/mol. The van der Waals surface area contributed by atoms with E-state index >= 15 is 0 Å². The summed E-state index contributed by atoms with van der Waals surface area (Å²) in [6, 6.07) is 0. The Kier molecular flexibility index (Phi) is 8.55. The molecule has 0 bridgehead atoms. The molecule has 0 aromatic carbocycles. The maximum absolute atomic E-state index is 9.41. The van der Waals surface area contributed by atoms with Crippen molar-refractivity contribution in [1.29, 1.82) is 0 Å². The molecule has 0 heterocycles. The second kappa shape index (κ2) is 7.74. The Morgan fingerprint density at radius 1 is 1.17 bits per heavy atom. The predicted octanol–water partition coefficient (Wildman–Crippen LogP) is -2.57. The molecule has 0 aliphatic heterocycles. The molecule has 70 valence electrons. The van der Waals surface area contributed by atoms with Gasteiger partial charge in [-0.25, -0.2) is 0 Å². The summed E-state index contributed by atoms with van der Waals surface area (Å²) in [6.45, 7) is 3.44.